The van der Waals surface area contributed by atoms with Crippen LogP contribution in [-0.2, 0) is 9.59 Å². The summed E-state index contributed by atoms with van der Waals surface area (Å²) in [6.07, 6.45) is 0.932. The predicted octanol–water partition coefficient (Wildman–Crippen LogP) is 1.42. The van der Waals surface area contributed by atoms with Crippen molar-refractivity contribution >= 4 is 11.8 Å². The molecule has 0 bridgehead atoms. The van der Waals surface area contributed by atoms with Crippen molar-refractivity contribution in [2.75, 3.05) is 6.67 Å². The Kier molecular flexibility index (Phi) is 5.25. The molecule has 0 saturated carbocycles. The summed E-state index contributed by atoms with van der Waals surface area (Å²) in [5, 5.41) is 8.26. The van der Waals surface area contributed by atoms with Crippen LogP contribution in [0.25, 0.3) is 0 Å². The van der Waals surface area contributed by atoms with Crippen molar-refractivity contribution in [2.45, 2.75) is 26.2 Å². The first-order chi connectivity index (χ1) is 5.57. The number of carbonyl (C=O) groups excluding carboxylic acids is 1. The molecule has 0 aliphatic rings. The average molecular weight is 176 g/mol. The van der Waals surface area contributed by atoms with Gasteiger partial charge in [-0.05, 0) is 12.8 Å². The SMILES string of the molecule is CC(CCCC(=O)O)C(=O)CF. The first-order valence-corrected chi connectivity index (χ1v) is 3.88. The van der Waals surface area contributed by atoms with Crippen LogP contribution in [0.2, 0.25) is 0 Å². The number of alkyl halides is 1. The van der Waals surface area contributed by atoms with Gasteiger partial charge in [0, 0.05) is 12.3 Å². The topological polar surface area (TPSA) is 54.4 Å². The zero-order valence-electron chi connectivity index (χ0n) is 7.05. The van der Waals surface area contributed by atoms with Crippen molar-refractivity contribution in [1.29, 1.82) is 0 Å². The van der Waals surface area contributed by atoms with Gasteiger partial charge in [-0.1, -0.05) is 6.92 Å². The van der Waals surface area contributed by atoms with Crippen molar-refractivity contribution in [2.24, 2.45) is 5.92 Å². The number of ketones is 1. The largest absolute Gasteiger partial charge is 0.481 e. The Balaban J connectivity index is 3.50. The number of aliphatic carboxylic acids is 1. The first kappa shape index (κ1) is 11.1. The maximum atomic E-state index is 11.8. The predicted molar refractivity (Wildman–Crippen MR) is 41.6 cm³/mol. The number of carboxylic acids is 1. The maximum absolute atomic E-state index is 11.8. The Morgan fingerprint density at radius 2 is 2.08 bits per heavy atom. The number of carbonyl (C=O) groups is 2. The van der Waals surface area contributed by atoms with Crippen LogP contribution in [-0.4, -0.2) is 23.5 Å². The van der Waals surface area contributed by atoms with Crippen molar-refractivity contribution < 1.29 is 19.1 Å². The first-order valence-electron chi connectivity index (χ1n) is 3.88. The monoisotopic (exact) mass is 176 g/mol. The molecule has 4 heteroatoms. The molecular formula is C8H13FO3. The molecule has 0 radical (unpaired) electrons. The van der Waals surface area contributed by atoms with Gasteiger partial charge in [-0.3, -0.25) is 9.59 Å². The van der Waals surface area contributed by atoms with Crippen molar-refractivity contribution in [3.8, 4) is 0 Å². The lowest BCUT2D eigenvalue weighted by Gasteiger charge is -2.05. The third-order valence-electron chi connectivity index (χ3n) is 1.71. The molecule has 0 aromatic rings. The van der Waals surface area contributed by atoms with E-state index in [2.05, 4.69) is 0 Å². The molecule has 12 heavy (non-hydrogen) atoms. The molecule has 0 spiro atoms. The lowest BCUT2D eigenvalue weighted by Crippen LogP contribution is -2.12. The van der Waals surface area contributed by atoms with E-state index in [9.17, 15) is 14.0 Å². The average Bonchev–Trinajstić information content (AvgIpc) is 2.02. The van der Waals surface area contributed by atoms with Crippen molar-refractivity contribution in [3.63, 3.8) is 0 Å². The Hall–Kier alpha value is -0.930. The molecule has 3 nitrogen and oxygen atoms in total. The van der Waals surface area contributed by atoms with E-state index < -0.39 is 18.4 Å². The van der Waals surface area contributed by atoms with Crippen LogP contribution in [0.4, 0.5) is 4.39 Å². The molecule has 0 aromatic carbocycles. The van der Waals surface area contributed by atoms with Crippen molar-refractivity contribution in [1.82, 2.24) is 0 Å². The second-order valence-electron chi connectivity index (χ2n) is 2.79. The molecule has 70 valence electrons. The van der Waals surface area contributed by atoms with Gasteiger partial charge < -0.3 is 5.11 Å². The van der Waals surface area contributed by atoms with E-state index in [1.807, 2.05) is 0 Å². The van der Waals surface area contributed by atoms with E-state index in [4.69, 9.17) is 5.11 Å². The molecule has 0 fully saturated rings. The van der Waals surface area contributed by atoms with Gasteiger partial charge >= 0.3 is 5.97 Å². The van der Waals surface area contributed by atoms with Crippen LogP contribution in [0.3, 0.4) is 0 Å². The summed E-state index contributed by atoms with van der Waals surface area (Å²) in [6, 6.07) is 0. The molecule has 0 aliphatic carbocycles. The number of rotatable bonds is 6. The van der Waals surface area contributed by atoms with Crippen LogP contribution < -0.4 is 0 Å². The number of halogens is 1. The van der Waals surface area contributed by atoms with Crippen LogP contribution >= 0.6 is 0 Å². The van der Waals surface area contributed by atoms with Crippen LogP contribution in [0.1, 0.15) is 26.2 Å². The molecule has 0 amide bonds. The molecule has 0 rings (SSSR count). The summed E-state index contributed by atoms with van der Waals surface area (Å²) >= 11 is 0. The fraction of sp³-hybridized carbons (Fsp3) is 0.750. The summed E-state index contributed by atoms with van der Waals surface area (Å²) in [5.41, 5.74) is 0. The molecule has 0 aromatic heterocycles. The number of hydrogen-bond acceptors (Lipinski definition) is 2. The fourth-order valence-electron chi connectivity index (χ4n) is 0.852. The summed E-state index contributed by atoms with van der Waals surface area (Å²) in [4.78, 5) is 20.7. The minimum absolute atomic E-state index is 0.0455. The maximum Gasteiger partial charge on any atom is 0.303 e. The molecule has 0 heterocycles. The third kappa shape index (κ3) is 4.82. The van der Waals surface area contributed by atoms with Crippen LogP contribution in [0.15, 0.2) is 0 Å². The standard InChI is InChI=1S/C8H13FO3/c1-6(7(10)5-9)3-2-4-8(11)12/h6H,2-5H2,1H3,(H,11,12). The van der Waals surface area contributed by atoms with Gasteiger partial charge in [0.05, 0.1) is 0 Å². The highest BCUT2D eigenvalue weighted by Gasteiger charge is 2.12. The molecule has 1 N–H and O–H groups in total. The highest BCUT2D eigenvalue weighted by atomic mass is 19.1. The second kappa shape index (κ2) is 5.69. The number of carboxylic acid groups (broad SMARTS) is 1. The van der Waals surface area contributed by atoms with Gasteiger partial charge in [0.25, 0.3) is 0 Å². The normalized spacial score (nSPS) is 12.5. The van der Waals surface area contributed by atoms with E-state index in [0.29, 0.717) is 12.8 Å². The smallest absolute Gasteiger partial charge is 0.303 e. The lowest BCUT2D eigenvalue weighted by molar-refractivity contribution is -0.137. The van der Waals surface area contributed by atoms with Crippen LogP contribution in [0, 0.1) is 5.92 Å². The van der Waals surface area contributed by atoms with E-state index in [0.717, 1.165) is 0 Å². The van der Waals surface area contributed by atoms with Gasteiger partial charge in [-0.15, -0.1) is 0 Å². The second-order valence-corrected chi connectivity index (χ2v) is 2.79. The quantitative estimate of drug-likeness (QED) is 0.665. The lowest BCUT2D eigenvalue weighted by atomic mass is 10.0. The Bertz CT molecular complexity index is 168. The van der Waals surface area contributed by atoms with Gasteiger partial charge in [0.1, 0.15) is 6.67 Å². The Morgan fingerprint density at radius 3 is 2.50 bits per heavy atom. The van der Waals surface area contributed by atoms with Gasteiger partial charge in [0.15, 0.2) is 5.78 Å². The van der Waals surface area contributed by atoms with E-state index in [1.165, 1.54) is 0 Å². The van der Waals surface area contributed by atoms with Gasteiger partial charge in [-0.2, -0.15) is 0 Å². The molecule has 1 unspecified atom stereocenters. The molecular weight excluding hydrogens is 163 g/mol. The minimum Gasteiger partial charge on any atom is -0.481 e. The molecule has 1 atom stereocenters. The minimum atomic E-state index is -0.950. The van der Waals surface area contributed by atoms with E-state index in [1.54, 1.807) is 6.92 Å². The number of Topliss-reactive ketones (excluding diaryl/α,β-unsaturated/α-hetero) is 1. The van der Waals surface area contributed by atoms with Gasteiger partial charge in [-0.25, -0.2) is 4.39 Å². The molecule has 0 aliphatic heterocycles. The highest BCUT2D eigenvalue weighted by Crippen LogP contribution is 2.08. The third-order valence-corrected chi connectivity index (χ3v) is 1.71. The van der Waals surface area contributed by atoms with Crippen LogP contribution in [0.5, 0.6) is 0 Å². The fourth-order valence-corrected chi connectivity index (χ4v) is 0.852. The summed E-state index contributed by atoms with van der Waals surface area (Å²) < 4.78 is 11.8. The summed E-state index contributed by atoms with van der Waals surface area (Å²) in [5.74, 6) is -1.68. The summed E-state index contributed by atoms with van der Waals surface area (Å²) in [6.45, 7) is 0.665. The highest BCUT2D eigenvalue weighted by molar-refractivity contribution is 5.81. The Labute approximate surface area is 70.6 Å². The van der Waals surface area contributed by atoms with Gasteiger partial charge in [0.2, 0.25) is 0 Å². The zero-order valence-corrected chi connectivity index (χ0v) is 7.05. The van der Waals surface area contributed by atoms with E-state index >= 15 is 0 Å². The zero-order chi connectivity index (χ0) is 9.56. The Morgan fingerprint density at radius 1 is 1.50 bits per heavy atom. The van der Waals surface area contributed by atoms with E-state index in [-0.39, 0.29) is 12.3 Å². The van der Waals surface area contributed by atoms with Crippen molar-refractivity contribution in [3.05, 3.63) is 0 Å². The number of hydrogen-bond donors (Lipinski definition) is 1. The molecule has 0 saturated heterocycles. The summed E-state index contributed by atoms with van der Waals surface area (Å²) in [7, 11) is 0.